The standard InChI is InChI=1S/C20H23Cl2NO2/c1-3-25-20(24)14(2)11-19(23-22)12-15-7-9-16(10-8-15)17-5-4-6-18(21)13-17/h4-10,13-14,19,23H,3,11-12H2,1-2H3/t14-,19+/m1/s1. The van der Waals surface area contributed by atoms with Crippen LogP contribution < -0.4 is 4.84 Å². The molecule has 134 valence electrons. The molecule has 5 heteroatoms. The largest absolute Gasteiger partial charge is 0.466 e. The van der Waals surface area contributed by atoms with Crippen LogP contribution in [0.25, 0.3) is 11.1 Å². The summed E-state index contributed by atoms with van der Waals surface area (Å²) in [7, 11) is 0. The van der Waals surface area contributed by atoms with Crippen LogP contribution >= 0.6 is 23.4 Å². The van der Waals surface area contributed by atoms with E-state index < -0.39 is 0 Å². The van der Waals surface area contributed by atoms with E-state index in [1.807, 2.05) is 38.1 Å². The second kappa shape index (κ2) is 9.81. The molecule has 25 heavy (non-hydrogen) atoms. The minimum atomic E-state index is -0.193. The Morgan fingerprint density at radius 2 is 1.88 bits per heavy atom. The Labute approximate surface area is 159 Å². The van der Waals surface area contributed by atoms with Gasteiger partial charge in [0.05, 0.1) is 12.5 Å². The van der Waals surface area contributed by atoms with Gasteiger partial charge < -0.3 is 4.74 Å². The van der Waals surface area contributed by atoms with Crippen LogP contribution in [0.15, 0.2) is 48.5 Å². The molecule has 0 spiro atoms. The maximum atomic E-state index is 11.8. The Bertz CT molecular complexity index is 688. The van der Waals surface area contributed by atoms with Crippen LogP contribution in [0.5, 0.6) is 0 Å². The number of nitrogens with one attached hydrogen (secondary N) is 1. The van der Waals surface area contributed by atoms with E-state index >= 15 is 0 Å². The molecule has 0 aliphatic carbocycles. The van der Waals surface area contributed by atoms with E-state index in [2.05, 4.69) is 29.1 Å². The average molecular weight is 380 g/mol. The summed E-state index contributed by atoms with van der Waals surface area (Å²) in [6, 6.07) is 16.1. The third kappa shape index (κ3) is 6.03. The Morgan fingerprint density at radius 3 is 2.48 bits per heavy atom. The van der Waals surface area contributed by atoms with Crippen molar-refractivity contribution < 1.29 is 9.53 Å². The van der Waals surface area contributed by atoms with Crippen molar-refractivity contribution in [3.05, 3.63) is 59.1 Å². The first-order chi connectivity index (χ1) is 12.0. The quantitative estimate of drug-likeness (QED) is 0.502. The van der Waals surface area contributed by atoms with Gasteiger partial charge in [0.25, 0.3) is 0 Å². The predicted molar refractivity (Wildman–Crippen MR) is 104 cm³/mol. The molecule has 2 atom stereocenters. The van der Waals surface area contributed by atoms with E-state index in [9.17, 15) is 4.79 Å². The van der Waals surface area contributed by atoms with Crippen LogP contribution in [0.3, 0.4) is 0 Å². The topological polar surface area (TPSA) is 38.3 Å². The second-order valence-electron chi connectivity index (χ2n) is 6.11. The second-order valence-corrected chi connectivity index (χ2v) is 6.76. The maximum Gasteiger partial charge on any atom is 0.308 e. The smallest absolute Gasteiger partial charge is 0.308 e. The molecule has 1 N–H and O–H groups in total. The summed E-state index contributed by atoms with van der Waals surface area (Å²) in [5.74, 6) is -0.377. The van der Waals surface area contributed by atoms with Crippen molar-refractivity contribution in [3.8, 4) is 11.1 Å². The van der Waals surface area contributed by atoms with Gasteiger partial charge in [0.1, 0.15) is 0 Å². The third-order valence-corrected chi connectivity index (χ3v) is 4.62. The number of esters is 1. The molecule has 0 aliphatic rings. The van der Waals surface area contributed by atoms with E-state index in [-0.39, 0.29) is 17.9 Å². The van der Waals surface area contributed by atoms with Crippen LogP contribution in [0, 0.1) is 5.92 Å². The molecule has 0 bridgehead atoms. The van der Waals surface area contributed by atoms with E-state index in [0.717, 1.165) is 28.1 Å². The van der Waals surface area contributed by atoms with Crippen molar-refractivity contribution in [2.45, 2.75) is 32.7 Å². The zero-order valence-corrected chi connectivity index (χ0v) is 16.0. The highest BCUT2D eigenvalue weighted by Gasteiger charge is 2.19. The zero-order valence-electron chi connectivity index (χ0n) is 14.5. The molecular weight excluding hydrogens is 357 g/mol. The molecule has 0 aliphatic heterocycles. The van der Waals surface area contributed by atoms with Gasteiger partial charge in [-0.2, -0.15) is 0 Å². The molecule has 0 aromatic heterocycles. The van der Waals surface area contributed by atoms with Gasteiger partial charge in [-0.05, 0) is 60.4 Å². The highest BCUT2D eigenvalue weighted by Crippen LogP contribution is 2.23. The number of rotatable bonds is 8. The van der Waals surface area contributed by atoms with Gasteiger partial charge in [0.2, 0.25) is 0 Å². The van der Waals surface area contributed by atoms with Crippen LogP contribution in [0.1, 0.15) is 25.8 Å². The molecule has 0 amide bonds. The van der Waals surface area contributed by atoms with Crippen molar-refractivity contribution in [2.24, 2.45) is 5.92 Å². The number of ether oxygens (including phenoxy) is 1. The predicted octanol–water partition coefficient (Wildman–Crippen LogP) is 5.25. The van der Waals surface area contributed by atoms with Crippen molar-refractivity contribution >= 4 is 29.3 Å². The summed E-state index contributed by atoms with van der Waals surface area (Å²) in [5, 5.41) is 0.723. The van der Waals surface area contributed by atoms with Gasteiger partial charge in [-0.3, -0.25) is 4.79 Å². The monoisotopic (exact) mass is 379 g/mol. The molecule has 0 unspecified atom stereocenters. The van der Waals surface area contributed by atoms with Gasteiger partial charge in [-0.15, -0.1) is 0 Å². The zero-order chi connectivity index (χ0) is 18.2. The van der Waals surface area contributed by atoms with Crippen molar-refractivity contribution in [1.82, 2.24) is 4.84 Å². The summed E-state index contributed by atoms with van der Waals surface area (Å²) in [5.41, 5.74) is 3.35. The SMILES string of the molecule is CCOC(=O)[C@H](C)C[C@@H](Cc1ccc(-c2cccc(Cl)c2)cc1)NCl. The minimum Gasteiger partial charge on any atom is -0.466 e. The first kappa shape index (κ1) is 19.8. The Balaban J connectivity index is 2.00. The van der Waals surface area contributed by atoms with Crippen molar-refractivity contribution in [2.75, 3.05) is 6.61 Å². The molecule has 2 rings (SSSR count). The van der Waals surface area contributed by atoms with Gasteiger partial charge in [0, 0.05) is 11.1 Å². The summed E-state index contributed by atoms with van der Waals surface area (Å²) in [6.45, 7) is 4.07. The number of carbonyl (C=O) groups excluding carboxylic acids is 1. The lowest BCUT2D eigenvalue weighted by molar-refractivity contribution is -0.147. The highest BCUT2D eigenvalue weighted by atomic mass is 35.5. The van der Waals surface area contributed by atoms with Gasteiger partial charge >= 0.3 is 5.97 Å². The number of benzene rings is 2. The van der Waals surface area contributed by atoms with E-state index in [1.165, 1.54) is 0 Å². The fourth-order valence-electron chi connectivity index (χ4n) is 2.76. The lowest BCUT2D eigenvalue weighted by Gasteiger charge is -2.18. The Hall–Kier alpha value is -1.55. The molecule has 0 radical (unpaired) electrons. The first-order valence-electron chi connectivity index (χ1n) is 8.41. The number of carbonyl (C=O) groups is 1. The van der Waals surface area contributed by atoms with E-state index in [4.69, 9.17) is 28.1 Å². The molecule has 0 saturated carbocycles. The lowest BCUT2D eigenvalue weighted by Crippen LogP contribution is -2.29. The number of hydrogen-bond donors (Lipinski definition) is 1. The minimum absolute atomic E-state index is 0.00177. The summed E-state index contributed by atoms with van der Waals surface area (Å²) >= 11 is 11.9. The van der Waals surface area contributed by atoms with Crippen molar-refractivity contribution in [1.29, 1.82) is 0 Å². The van der Waals surface area contributed by atoms with Gasteiger partial charge in [-0.25, -0.2) is 4.84 Å². The Kier molecular flexibility index (Phi) is 7.76. The maximum absolute atomic E-state index is 11.8. The summed E-state index contributed by atoms with van der Waals surface area (Å²) in [4.78, 5) is 14.6. The number of hydrogen-bond acceptors (Lipinski definition) is 3. The van der Waals surface area contributed by atoms with Gasteiger partial charge in [-0.1, -0.05) is 54.9 Å². The fraction of sp³-hybridized carbons (Fsp3) is 0.350. The third-order valence-electron chi connectivity index (χ3n) is 4.08. The molecule has 0 heterocycles. The molecule has 2 aromatic carbocycles. The van der Waals surface area contributed by atoms with E-state index in [1.54, 1.807) is 0 Å². The fourth-order valence-corrected chi connectivity index (χ4v) is 3.12. The molecular formula is C20H23Cl2NO2. The van der Waals surface area contributed by atoms with Crippen LogP contribution in [0.4, 0.5) is 0 Å². The lowest BCUT2D eigenvalue weighted by atomic mass is 9.95. The first-order valence-corrected chi connectivity index (χ1v) is 9.16. The van der Waals surface area contributed by atoms with Crippen LogP contribution in [0.2, 0.25) is 5.02 Å². The molecule has 0 saturated heterocycles. The molecule has 2 aromatic rings. The Morgan fingerprint density at radius 1 is 1.16 bits per heavy atom. The number of halogens is 2. The summed E-state index contributed by atoms with van der Waals surface area (Å²) < 4.78 is 5.05. The molecule has 3 nitrogen and oxygen atoms in total. The van der Waals surface area contributed by atoms with Crippen LogP contribution in [-0.4, -0.2) is 18.6 Å². The normalized spacial score (nSPS) is 13.3. The highest BCUT2D eigenvalue weighted by molar-refractivity contribution is 6.30. The van der Waals surface area contributed by atoms with Crippen LogP contribution in [-0.2, 0) is 16.0 Å². The average Bonchev–Trinajstić information content (AvgIpc) is 2.61. The van der Waals surface area contributed by atoms with Crippen molar-refractivity contribution in [3.63, 3.8) is 0 Å². The summed E-state index contributed by atoms with van der Waals surface area (Å²) in [6.07, 6.45) is 1.36. The van der Waals surface area contributed by atoms with Gasteiger partial charge in [0.15, 0.2) is 0 Å². The van der Waals surface area contributed by atoms with E-state index in [0.29, 0.717) is 13.0 Å². The molecule has 0 fully saturated rings.